The van der Waals surface area contributed by atoms with Gasteiger partial charge in [0.05, 0.1) is 7.11 Å². The molecule has 0 unspecified atom stereocenters. The number of carbonyl (C=O) groups excluding carboxylic acids is 1. The zero-order valence-corrected chi connectivity index (χ0v) is 5.76. The van der Waals surface area contributed by atoms with Crippen LogP contribution in [0.3, 0.4) is 0 Å². The molecule has 0 atom stereocenters. The van der Waals surface area contributed by atoms with Crippen molar-refractivity contribution in [2.24, 2.45) is 4.99 Å². The summed E-state index contributed by atoms with van der Waals surface area (Å²) in [6.07, 6.45) is 0. The molecule has 9 heavy (non-hydrogen) atoms. The number of nitrogens with zero attached hydrogens (tertiary/aromatic N) is 1. The molecule has 0 aliphatic carbocycles. The smallest absolute Gasteiger partial charge is 0.373 e. The highest BCUT2D eigenvalue weighted by Crippen LogP contribution is 1.74. The number of esters is 1. The molecule has 4 heteroatoms. The summed E-state index contributed by atoms with van der Waals surface area (Å²) in [6.45, 7) is 0. The minimum atomic E-state index is -0.444. The van der Waals surface area contributed by atoms with Crippen molar-refractivity contribution in [3.63, 3.8) is 0 Å². The van der Waals surface area contributed by atoms with Gasteiger partial charge in [0.25, 0.3) is 0 Å². The number of carbonyl (C=O) groups is 1. The molecule has 0 spiro atoms. The maximum atomic E-state index is 10.6. The van der Waals surface area contributed by atoms with E-state index in [9.17, 15) is 4.79 Å². The van der Waals surface area contributed by atoms with Gasteiger partial charge >= 0.3 is 5.97 Å². The first-order chi connectivity index (χ1) is 4.26. The topological polar surface area (TPSA) is 50.7 Å². The maximum absolute atomic E-state index is 10.6. The summed E-state index contributed by atoms with van der Waals surface area (Å²) >= 11 is 0. The van der Waals surface area contributed by atoms with Crippen LogP contribution in [0.15, 0.2) is 4.99 Å². The van der Waals surface area contributed by atoms with Crippen LogP contribution in [-0.2, 0) is 9.53 Å². The van der Waals surface area contributed by atoms with Gasteiger partial charge in [0, 0.05) is 14.1 Å². The molecule has 0 aromatic rings. The van der Waals surface area contributed by atoms with E-state index in [1.54, 1.807) is 7.05 Å². The zero-order chi connectivity index (χ0) is 7.28. The van der Waals surface area contributed by atoms with Crippen LogP contribution in [0.1, 0.15) is 0 Å². The fourth-order valence-corrected chi connectivity index (χ4v) is 0.402. The first kappa shape index (κ1) is 7.94. The summed E-state index contributed by atoms with van der Waals surface area (Å²) in [5.74, 6) is -0.211. The Morgan fingerprint density at radius 2 is 2.22 bits per heavy atom. The van der Waals surface area contributed by atoms with E-state index < -0.39 is 5.97 Å². The molecule has 0 fully saturated rings. The highest BCUT2D eigenvalue weighted by atomic mass is 16.5. The van der Waals surface area contributed by atoms with Crippen LogP contribution in [-0.4, -0.2) is 33.0 Å². The van der Waals surface area contributed by atoms with Crippen molar-refractivity contribution in [1.82, 2.24) is 5.32 Å². The molecule has 0 rings (SSSR count). The average Bonchev–Trinajstić information content (AvgIpc) is 1.90. The van der Waals surface area contributed by atoms with Gasteiger partial charge in [-0.1, -0.05) is 0 Å². The number of hydrogen-bond acceptors (Lipinski definition) is 3. The van der Waals surface area contributed by atoms with Gasteiger partial charge < -0.3 is 10.1 Å². The van der Waals surface area contributed by atoms with Crippen LogP contribution >= 0.6 is 0 Å². The summed E-state index contributed by atoms with van der Waals surface area (Å²) in [4.78, 5) is 14.2. The minimum absolute atomic E-state index is 0.234. The highest BCUT2D eigenvalue weighted by Gasteiger charge is 2.05. The molecule has 1 N–H and O–H groups in total. The monoisotopic (exact) mass is 130 g/mol. The lowest BCUT2D eigenvalue weighted by molar-refractivity contribution is -0.132. The lowest BCUT2D eigenvalue weighted by Crippen LogP contribution is -2.28. The van der Waals surface area contributed by atoms with E-state index in [4.69, 9.17) is 0 Å². The van der Waals surface area contributed by atoms with E-state index in [0.717, 1.165) is 0 Å². The van der Waals surface area contributed by atoms with Gasteiger partial charge in [0.15, 0.2) is 0 Å². The number of likely N-dealkylation sites (N-methyl/N-ethyl adjacent to an activating group) is 1. The Hall–Kier alpha value is -1.06. The Morgan fingerprint density at radius 1 is 1.67 bits per heavy atom. The Bertz CT molecular complexity index is 131. The molecule has 0 radical (unpaired) electrons. The molecule has 0 saturated carbocycles. The van der Waals surface area contributed by atoms with Crippen LogP contribution < -0.4 is 5.32 Å². The van der Waals surface area contributed by atoms with Crippen LogP contribution in [0.25, 0.3) is 0 Å². The SMILES string of the molecule is CN=C(NC)C(=O)OC. The lowest BCUT2D eigenvalue weighted by Gasteiger charge is -1.99. The van der Waals surface area contributed by atoms with Crippen LogP contribution in [0.5, 0.6) is 0 Å². The van der Waals surface area contributed by atoms with Crippen LogP contribution in [0.2, 0.25) is 0 Å². The van der Waals surface area contributed by atoms with Gasteiger partial charge in [0.1, 0.15) is 0 Å². The zero-order valence-electron chi connectivity index (χ0n) is 5.76. The molecular formula is C5H10N2O2. The molecule has 0 aliphatic heterocycles. The molecule has 0 saturated heterocycles. The molecule has 0 aliphatic rings. The number of hydrogen-bond donors (Lipinski definition) is 1. The standard InChI is InChI=1S/C5H10N2O2/c1-6-4(7-2)5(8)9-3/h1-3H3,(H,6,7). The molecule has 0 bridgehead atoms. The van der Waals surface area contributed by atoms with Gasteiger partial charge in [-0.25, -0.2) is 4.79 Å². The van der Waals surface area contributed by atoms with Gasteiger partial charge in [0.2, 0.25) is 5.84 Å². The number of methoxy groups -OCH3 is 1. The number of nitrogens with one attached hydrogen (secondary N) is 1. The molecule has 0 aromatic carbocycles. The largest absolute Gasteiger partial charge is 0.463 e. The molecule has 0 aromatic heterocycles. The maximum Gasteiger partial charge on any atom is 0.373 e. The fourth-order valence-electron chi connectivity index (χ4n) is 0.402. The van der Waals surface area contributed by atoms with Crippen molar-refractivity contribution in [3.8, 4) is 0 Å². The molecular weight excluding hydrogens is 120 g/mol. The van der Waals surface area contributed by atoms with Crippen molar-refractivity contribution < 1.29 is 9.53 Å². The Labute approximate surface area is 53.9 Å². The van der Waals surface area contributed by atoms with Crippen molar-refractivity contribution in [2.45, 2.75) is 0 Å². The predicted octanol–water partition coefficient (Wildman–Crippen LogP) is -0.593. The molecule has 0 amide bonds. The molecule has 0 heterocycles. The highest BCUT2D eigenvalue weighted by molar-refractivity contribution is 6.35. The van der Waals surface area contributed by atoms with E-state index in [-0.39, 0.29) is 5.84 Å². The molecule has 4 nitrogen and oxygen atoms in total. The molecule has 52 valence electrons. The van der Waals surface area contributed by atoms with Gasteiger partial charge in [-0.3, -0.25) is 4.99 Å². The summed E-state index contributed by atoms with van der Waals surface area (Å²) in [7, 11) is 4.44. The number of rotatable bonds is 0. The minimum Gasteiger partial charge on any atom is -0.463 e. The van der Waals surface area contributed by atoms with Crippen LogP contribution in [0.4, 0.5) is 0 Å². The first-order valence-corrected chi connectivity index (χ1v) is 2.49. The average molecular weight is 130 g/mol. The summed E-state index contributed by atoms with van der Waals surface area (Å²) in [5.41, 5.74) is 0. The van der Waals surface area contributed by atoms with E-state index in [1.807, 2.05) is 0 Å². The summed E-state index contributed by atoms with van der Waals surface area (Å²) in [5, 5.41) is 2.58. The van der Waals surface area contributed by atoms with Crippen molar-refractivity contribution in [1.29, 1.82) is 0 Å². The second-order valence-corrected chi connectivity index (χ2v) is 1.31. The second-order valence-electron chi connectivity index (χ2n) is 1.31. The third-order valence-electron chi connectivity index (χ3n) is 0.839. The normalized spacial score (nSPS) is 10.8. The summed E-state index contributed by atoms with van der Waals surface area (Å²) in [6, 6.07) is 0. The Morgan fingerprint density at radius 3 is 2.33 bits per heavy atom. The number of aliphatic imine (C=N–C) groups is 1. The Kier molecular flexibility index (Phi) is 3.43. The van der Waals surface area contributed by atoms with E-state index in [0.29, 0.717) is 0 Å². The lowest BCUT2D eigenvalue weighted by atomic mass is 10.6. The van der Waals surface area contributed by atoms with E-state index in [2.05, 4.69) is 15.0 Å². The third-order valence-corrected chi connectivity index (χ3v) is 0.839. The van der Waals surface area contributed by atoms with Crippen molar-refractivity contribution >= 4 is 11.8 Å². The Balaban J connectivity index is 3.97. The second kappa shape index (κ2) is 3.88. The van der Waals surface area contributed by atoms with Crippen molar-refractivity contribution in [3.05, 3.63) is 0 Å². The first-order valence-electron chi connectivity index (χ1n) is 2.49. The third kappa shape index (κ3) is 2.12. The number of ether oxygens (including phenoxy) is 1. The van der Waals surface area contributed by atoms with Gasteiger partial charge in [-0.2, -0.15) is 0 Å². The van der Waals surface area contributed by atoms with E-state index >= 15 is 0 Å². The quantitative estimate of drug-likeness (QED) is 0.271. The summed E-state index contributed by atoms with van der Waals surface area (Å²) < 4.78 is 4.36. The van der Waals surface area contributed by atoms with Gasteiger partial charge in [-0.05, 0) is 0 Å². The number of amidine groups is 1. The fraction of sp³-hybridized carbons (Fsp3) is 0.600. The van der Waals surface area contributed by atoms with E-state index in [1.165, 1.54) is 14.2 Å². The van der Waals surface area contributed by atoms with Gasteiger partial charge in [-0.15, -0.1) is 0 Å². The van der Waals surface area contributed by atoms with Crippen LogP contribution in [0, 0.1) is 0 Å². The van der Waals surface area contributed by atoms with Crippen molar-refractivity contribution in [2.75, 3.05) is 21.2 Å². The predicted molar refractivity (Wildman–Crippen MR) is 34.4 cm³/mol.